The normalized spacial score (nSPS) is 20.4. The Balaban J connectivity index is 1.94. The second kappa shape index (κ2) is 7.89. The van der Waals surface area contributed by atoms with E-state index in [1.54, 1.807) is 0 Å². The molecule has 2 rings (SSSR count). The highest BCUT2D eigenvalue weighted by molar-refractivity contribution is 8.14. The summed E-state index contributed by atoms with van der Waals surface area (Å²) in [6.07, 6.45) is -0.703. The van der Waals surface area contributed by atoms with Gasteiger partial charge in [-0.05, 0) is 12.5 Å². The number of rotatable bonds is 5. The number of hydrogen-bond donors (Lipinski definition) is 1. The summed E-state index contributed by atoms with van der Waals surface area (Å²) < 4.78 is 44.8. The van der Waals surface area contributed by atoms with Gasteiger partial charge in [-0.25, -0.2) is 18.0 Å². The maximum Gasteiger partial charge on any atom is 0.407 e. The number of nitrogens with zero attached hydrogens (tertiary/aromatic N) is 1. The highest BCUT2D eigenvalue weighted by atomic mass is 32.2. The van der Waals surface area contributed by atoms with Gasteiger partial charge in [0.2, 0.25) is 0 Å². The fraction of sp³-hybridized carbons (Fsp3) is 0.467. The largest absolute Gasteiger partial charge is 0.465 e. The lowest BCUT2D eigenvalue weighted by Crippen LogP contribution is -2.37. The minimum Gasteiger partial charge on any atom is -0.465 e. The molecule has 1 aromatic rings. The molecule has 2 atom stereocenters. The van der Waals surface area contributed by atoms with E-state index < -0.39 is 29.6 Å². The predicted molar refractivity (Wildman–Crippen MR) is 81.2 cm³/mol. The number of carboxylic acid groups (broad SMARTS) is 1. The van der Waals surface area contributed by atoms with Crippen molar-refractivity contribution in [2.45, 2.75) is 31.2 Å². The van der Waals surface area contributed by atoms with Crippen LogP contribution >= 0.6 is 11.8 Å². The quantitative estimate of drug-likeness (QED) is 0.815. The Kier molecular flexibility index (Phi) is 6.11. The fourth-order valence-electron chi connectivity index (χ4n) is 2.57. The molecule has 132 valence electrons. The number of benzene rings is 1. The summed E-state index contributed by atoms with van der Waals surface area (Å²) in [5.41, 5.74) is -0.150. The molecule has 0 bridgehead atoms. The topological polar surface area (TPSA) is 66.8 Å². The van der Waals surface area contributed by atoms with Crippen molar-refractivity contribution in [3.05, 3.63) is 35.1 Å². The third-order valence-electron chi connectivity index (χ3n) is 3.61. The van der Waals surface area contributed by atoms with Gasteiger partial charge < -0.3 is 14.7 Å². The van der Waals surface area contributed by atoms with E-state index in [0.717, 1.165) is 11.8 Å². The minimum absolute atomic E-state index is 0.0281. The van der Waals surface area contributed by atoms with Crippen molar-refractivity contribution < 1.29 is 32.6 Å². The van der Waals surface area contributed by atoms with E-state index >= 15 is 0 Å². The zero-order valence-corrected chi connectivity index (χ0v) is 13.6. The van der Waals surface area contributed by atoms with Crippen molar-refractivity contribution in [2.24, 2.45) is 0 Å². The first-order chi connectivity index (χ1) is 11.3. The molecule has 24 heavy (non-hydrogen) atoms. The molecule has 1 N–H and O–H groups in total. The Labute approximate surface area is 140 Å². The van der Waals surface area contributed by atoms with Gasteiger partial charge in [0.15, 0.2) is 16.7 Å². The second-order valence-electron chi connectivity index (χ2n) is 5.43. The number of halogens is 3. The van der Waals surface area contributed by atoms with Crippen LogP contribution in [0, 0.1) is 17.5 Å². The van der Waals surface area contributed by atoms with Crippen LogP contribution < -0.4 is 0 Å². The van der Waals surface area contributed by atoms with Crippen LogP contribution in [0.15, 0.2) is 12.1 Å². The maximum absolute atomic E-state index is 13.5. The molecule has 1 saturated heterocycles. The molecule has 0 aromatic heterocycles. The summed E-state index contributed by atoms with van der Waals surface area (Å²) in [6, 6.07) is 0.669. The van der Waals surface area contributed by atoms with Gasteiger partial charge in [0.25, 0.3) is 0 Å². The lowest BCUT2D eigenvalue weighted by molar-refractivity contribution is -0.109. The molecule has 0 spiro atoms. The molecule has 1 aromatic carbocycles. The summed E-state index contributed by atoms with van der Waals surface area (Å²) in [5, 5.41) is 8.93. The maximum atomic E-state index is 13.5. The van der Waals surface area contributed by atoms with Gasteiger partial charge in [-0.3, -0.25) is 4.79 Å². The average Bonchev–Trinajstić information content (AvgIpc) is 2.86. The van der Waals surface area contributed by atoms with E-state index in [1.807, 2.05) is 0 Å². The predicted octanol–water partition coefficient (Wildman–Crippen LogP) is 3.02. The summed E-state index contributed by atoms with van der Waals surface area (Å²) in [6.45, 7) is 1.27. The number of amides is 1. The molecule has 1 aliphatic rings. The van der Waals surface area contributed by atoms with Crippen LogP contribution in [0.25, 0.3) is 0 Å². The zero-order chi connectivity index (χ0) is 17.9. The van der Waals surface area contributed by atoms with Crippen molar-refractivity contribution in [2.75, 3.05) is 13.2 Å². The lowest BCUT2D eigenvalue weighted by atomic mass is 10.2. The Bertz CT molecular complexity index is 643. The van der Waals surface area contributed by atoms with E-state index in [2.05, 4.69) is 0 Å². The standard InChI is InChI=1S/C15H16F3NO4S/c1-8(20)24-11-3-10(19(5-11)15(21)22)7-23-6-9-2-13(17)14(18)4-12(9)16/h2,4,10-11H,3,5-7H2,1H3,(H,21,22)/t10-,11+/m0/s1. The molecule has 1 amide bonds. The second-order valence-corrected chi connectivity index (χ2v) is 6.91. The van der Waals surface area contributed by atoms with Crippen LogP contribution in [0.2, 0.25) is 0 Å². The molecule has 1 heterocycles. The van der Waals surface area contributed by atoms with Gasteiger partial charge in [-0.1, -0.05) is 11.8 Å². The number of likely N-dealkylation sites (tertiary alicyclic amines) is 1. The Morgan fingerprint density at radius 1 is 1.29 bits per heavy atom. The molecular weight excluding hydrogens is 347 g/mol. The van der Waals surface area contributed by atoms with Crippen molar-refractivity contribution in [1.82, 2.24) is 4.90 Å². The summed E-state index contributed by atoms with van der Waals surface area (Å²) in [4.78, 5) is 23.5. The first-order valence-corrected chi connectivity index (χ1v) is 8.03. The fourth-order valence-corrected chi connectivity index (χ4v) is 3.59. The molecule has 0 unspecified atom stereocenters. The van der Waals surface area contributed by atoms with E-state index in [-0.39, 0.29) is 35.7 Å². The smallest absolute Gasteiger partial charge is 0.407 e. The Hall–Kier alpha value is -1.74. The number of thioether (sulfide) groups is 1. The van der Waals surface area contributed by atoms with Gasteiger partial charge >= 0.3 is 6.09 Å². The number of ether oxygens (including phenoxy) is 1. The lowest BCUT2D eigenvalue weighted by Gasteiger charge is -2.21. The van der Waals surface area contributed by atoms with E-state index in [4.69, 9.17) is 4.74 Å². The summed E-state index contributed by atoms with van der Waals surface area (Å²) in [5.74, 6) is -3.39. The van der Waals surface area contributed by atoms with Crippen LogP contribution in [-0.4, -0.2) is 45.7 Å². The minimum atomic E-state index is -1.28. The third kappa shape index (κ3) is 4.64. The molecule has 1 fully saturated rings. The molecular formula is C15H16F3NO4S. The Morgan fingerprint density at radius 2 is 1.96 bits per heavy atom. The SMILES string of the molecule is CC(=O)S[C@@H]1C[C@@H](COCc2cc(F)c(F)cc2F)N(C(=O)O)C1. The summed E-state index contributed by atoms with van der Waals surface area (Å²) in [7, 11) is 0. The highest BCUT2D eigenvalue weighted by Gasteiger charge is 2.36. The van der Waals surface area contributed by atoms with Crippen LogP contribution in [-0.2, 0) is 16.1 Å². The van der Waals surface area contributed by atoms with Crippen molar-refractivity contribution in [3.63, 3.8) is 0 Å². The summed E-state index contributed by atoms with van der Waals surface area (Å²) >= 11 is 1.07. The van der Waals surface area contributed by atoms with Crippen LogP contribution in [0.3, 0.4) is 0 Å². The Morgan fingerprint density at radius 3 is 2.58 bits per heavy atom. The molecule has 5 nitrogen and oxygen atoms in total. The van der Waals surface area contributed by atoms with Crippen molar-refractivity contribution >= 4 is 23.0 Å². The average molecular weight is 363 g/mol. The number of carbonyl (C=O) groups excluding carboxylic acids is 1. The van der Waals surface area contributed by atoms with Gasteiger partial charge in [0, 0.05) is 30.3 Å². The van der Waals surface area contributed by atoms with E-state index in [0.29, 0.717) is 18.6 Å². The monoisotopic (exact) mass is 363 g/mol. The van der Waals surface area contributed by atoms with Gasteiger partial charge in [-0.2, -0.15) is 0 Å². The van der Waals surface area contributed by atoms with E-state index in [1.165, 1.54) is 11.8 Å². The zero-order valence-electron chi connectivity index (χ0n) is 12.8. The molecule has 0 radical (unpaired) electrons. The van der Waals surface area contributed by atoms with Crippen molar-refractivity contribution in [1.29, 1.82) is 0 Å². The van der Waals surface area contributed by atoms with Crippen LogP contribution in [0.1, 0.15) is 18.9 Å². The van der Waals surface area contributed by atoms with E-state index in [9.17, 15) is 27.9 Å². The number of hydrogen-bond acceptors (Lipinski definition) is 4. The first kappa shape index (κ1) is 18.6. The first-order valence-electron chi connectivity index (χ1n) is 7.16. The van der Waals surface area contributed by atoms with Gasteiger partial charge in [0.1, 0.15) is 5.82 Å². The van der Waals surface area contributed by atoms with Crippen LogP contribution in [0.5, 0.6) is 0 Å². The molecule has 0 saturated carbocycles. The molecule has 9 heteroatoms. The highest BCUT2D eigenvalue weighted by Crippen LogP contribution is 2.28. The molecule has 0 aliphatic carbocycles. The van der Waals surface area contributed by atoms with Crippen LogP contribution in [0.4, 0.5) is 18.0 Å². The third-order valence-corrected chi connectivity index (χ3v) is 4.62. The molecule has 1 aliphatic heterocycles. The van der Waals surface area contributed by atoms with Gasteiger partial charge in [0.05, 0.1) is 19.3 Å². The number of carbonyl (C=O) groups is 2. The van der Waals surface area contributed by atoms with Crippen molar-refractivity contribution in [3.8, 4) is 0 Å². The van der Waals surface area contributed by atoms with Gasteiger partial charge in [-0.15, -0.1) is 0 Å².